The molecule has 0 radical (unpaired) electrons. The van der Waals surface area contributed by atoms with Gasteiger partial charge < -0.3 is 0 Å². The third-order valence-corrected chi connectivity index (χ3v) is 3.63. The SMILES string of the molecule is O=C(Cc1ccc(Cl)cc1)c1c(Cl)cc(Cl)cc1Cl. The van der Waals surface area contributed by atoms with Gasteiger partial charge >= 0.3 is 0 Å². The molecule has 0 spiro atoms. The quantitative estimate of drug-likeness (QED) is 0.656. The lowest BCUT2D eigenvalue weighted by Crippen LogP contribution is -2.05. The Morgan fingerprint density at radius 1 is 0.842 bits per heavy atom. The molecule has 0 aliphatic rings. The van der Waals surface area contributed by atoms with Crippen LogP contribution in [-0.2, 0) is 6.42 Å². The van der Waals surface area contributed by atoms with Crippen LogP contribution in [0.5, 0.6) is 0 Å². The molecule has 19 heavy (non-hydrogen) atoms. The van der Waals surface area contributed by atoms with Crippen molar-refractivity contribution in [3.05, 3.63) is 67.6 Å². The largest absolute Gasteiger partial charge is 0.294 e. The predicted octanol–water partition coefficient (Wildman–Crippen LogP) is 5.73. The molecule has 5 heteroatoms. The number of benzene rings is 2. The minimum absolute atomic E-state index is 0.158. The highest BCUT2D eigenvalue weighted by molar-refractivity contribution is 6.42. The van der Waals surface area contributed by atoms with Crippen molar-refractivity contribution in [2.24, 2.45) is 0 Å². The van der Waals surface area contributed by atoms with Gasteiger partial charge in [-0.15, -0.1) is 0 Å². The minimum atomic E-state index is -0.158. The fraction of sp³-hybridized carbons (Fsp3) is 0.0714. The van der Waals surface area contributed by atoms with Crippen molar-refractivity contribution >= 4 is 52.2 Å². The van der Waals surface area contributed by atoms with Gasteiger partial charge in [-0.3, -0.25) is 4.79 Å². The zero-order valence-corrected chi connectivity index (χ0v) is 12.6. The Balaban J connectivity index is 2.28. The molecule has 0 saturated carbocycles. The first kappa shape index (κ1) is 14.7. The molecule has 0 amide bonds. The molecule has 0 fully saturated rings. The fourth-order valence-electron chi connectivity index (χ4n) is 1.68. The lowest BCUT2D eigenvalue weighted by molar-refractivity contribution is 0.0993. The Morgan fingerprint density at radius 3 is 1.89 bits per heavy atom. The maximum absolute atomic E-state index is 12.2. The molecule has 98 valence electrons. The summed E-state index contributed by atoms with van der Waals surface area (Å²) in [6.07, 6.45) is 0.207. The predicted molar refractivity (Wildman–Crippen MR) is 81.0 cm³/mol. The first-order valence-corrected chi connectivity index (χ1v) is 6.91. The van der Waals surface area contributed by atoms with Gasteiger partial charge in [-0.2, -0.15) is 0 Å². The van der Waals surface area contributed by atoms with Gasteiger partial charge in [-0.1, -0.05) is 58.5 Å². The van der Waals surface area contributed by atoms with Crippen LogP contribution in [0, 0.1) is 0 Å². The van der Waals surface area contributed by atoms with Crippen molar-refractivity contribution in [3.63, 3.8) is 0 Å². The highest BCUT2D eigenvalue weighted by atomic mass is 35.5. The molecule has 0 saturated heterocycles. The second kappa shape index (κ2) is 6.15. The van der Waals surface area contributed by atoms with Crippen molar-refractivity contribution in [2.45, 2.75) is 6.42 Å². The topological polar surface area (TPSA) is 17.1 Å². The molecule has 0 atom stereocenters. The summed E-state index contributed by atoms with van der Waals surface area (Å²) in [5, 5.41) is 1.55. The van der Waals surface area contributed by atoms with Crippen LogP contribution in [0.25, 0.3) is 0 Å². The van der Waals surface area contributed by atoms with Crippen LogP contribution in [0.15, 0.2) is 36.4 Å². The van der Waals surface area contributed by atoms with Crippen molar-refractivity contribution in [1.29, 1.82) is 0 Å². The average molecular weight is 334 g/mol. The summed E-state index contributed by atoms with van der Waals surface area (Å²) in [5.41, 5.74) is 1.14. The van der Waals surface area contributed by atoms with Crippen molar-refractivity contribution in [2.75, 3.05) is 0 Å². The Hall–Kier alpha value is -0.730. The Labute approximate surface area is 131 Å². The van der Waals surface area contributed by atoms with Gasteiger partial charge in [0.15, 0.2) is 5.78 Å². The van der Waals surface area contributed by atoms with Crippen LogP contribution in [0.4, 0.5) is 0 Å². The lowest BCUT2D eigenvalue weighted by Gasteiger charge is -2.07. The van der Waals surface area contributed by atoms with E-state index in [-0.39, 0.29) is 22.2 Å². The highest BCUT2D eigenvalue weighted by Gasteiger charge is 2.16. The van der Waals surface area contributed by atoms with E-state index in [1.54, 1.807) is 24.3 Å². The number of hydrogen-bond donors (Lipinski definition) is 0. The molecule has 0 unspecified atom stereocenters. The first-order valence-electron chi connectivity index (χ1n) is 5.39. The zero-order valence-electron chi connectivity index (χ0n) is 9.59. The monoisotopic (exact) mass is 332 g/mol. The highest BCUT2D eigenvalue weighted by Crippen LogP contribution is 2.30. The Morgan fingerprint density at radius 2 is 1.37 bits per heavy atom. The molecule has 0 N–H and O–H groups in total. The van der Waals surface area contributed by atoms with Crippen molar-refractivity contribution in [3.8, 4) is 0 Å². The molecule has 0 aromatic heterocycles. The third kappa shape index (κ3) is 3.64. The molecule has 0 aliphatic heterocycles. The van der Waals surface area contributed by atoms with Crippen LogP contribution in [0.1, 0.15) is 15.9 Å². The lowest BCUT2D eigenvalue weighted by atomic mass is 10.0. The van der Waals surface area contributed by atoms with Crippen LogP contribution in [0.2, 0.25) is 20.1 Å². The van der Waals surface area contributed by atoms with E-state index >= 15 is 0 Å². The van der Waals surface area contributed by atoms with E-state index in [0.717, 1.165) is 5.56 Å². The van der Waals surface area contributed by atoms with Gasteiger partial charge in [0.1, 0.15) is 0 Å². The molecule has 2 aromatic carbocycles. The minimum Gasteiger partial charge on any atom is -0.294 e. The van der Waals surface area contributed by atoms with Gasteiger partial charge in [0.2, 0.25) is 0 Å². The number of hydrogen-bond acceptors (Lipinski definition) is 1. The summed E-state index contributed by atoms with van der Waals surface area (Å²) in [4.78, 5) is 12.2. The molecule has 2 rings (SSSR count). The molecular formula is C14H8Cl4O. The number of halogens is 4. The summed E-state index contributed by atoms with van der Waals surface area (Å²) in [6, 6.07) is 10.1. The second-order valence-corrected chi connectivity index (χ2v) is 5.66. The number of carbonyl (C=O) groups is 1. The normalized spacial score (nSPS) is 10.5. The summed E-state index contributed by atoms with van der Waals surface area (Å²) in [7, 11) is 0. The summed E-state index contributed by atoms with van der Waals surface area (Å²) in [6.45, 7) is 0. The summed E-state index contributed by atoms with van der Waals surface area (Å²) in [5.74, 6) is -0.158. The summed E-state index contributed by atoms with van der Waals surface area (Å²) < 4.78 is 0. The first-order chi connectivity index (χ1) is 8.97. The summed E-state index contributed by atoms with van der Waals surface area (Å²) >= 11 is 23.6. The van der Waals surface area contributed by atoms with E-state index in [1.807, 2.05) is 0 Å². The van der Waals surface area contributed by atoms with E-state index in [9.17, 15) is 4.79 Å². The maximum atomic E-state index is 12.2. The van der Waals surface area contributed by atoms with Crippen molar-refractivity contribution in [1.82, 2.24) is 0 Å². The van der Waals surface area contributed by atoms with Crippen LogP contribution in [0.3, 0.4) is 0 Å². The number of rotatable bonds is 3. The molecular weight excluding hydrogens is 326 g/mol. The van der Waals surface area contributed by atoms with Crippen LogP contribution >= 0.6 is 46.4 Å². The van der Waals surface area contributed by atoms with Crippen LogP contribution < -0.4 is 0 Å². The van der Waals surface area contributed by atoms with Gasteiger partial charge in [0, 0.05) is 16.5 Å². The van der Waals surface area contributed by atoms with Gasteiger partial charge in [0.05, 0.1) is 15.6 Å². The third-order valence-electron chi connectivity index (χ3n) is 2.56. The number of carbonyl (C=O) groups excluding carboxylic acids is 1. The van der Waals surface area contributed by atoms with E-state index < -0.39 is 0 Å². The second-order valence-electron chi connectivity index (χ2n) is 3.97. The van der Waals surface area contributed by atoms with Crippen LogP contribution in [-0.4, -0.2) is 5.78 Å². The van der Waals surface area contributed by atoms with Gasteiger partial charge in [0.25, 0.3) is 0 Å². The number of ketones is 1. The number of Topliss-reactive ketones (excluding diaryl/α,β-unsaturated/α-hetero) is 1. The molecule has 0 aliphatic carbocycles. The molecule has 2 aromatic rings. The molecule has 0 bridgehead atoms. The smallest absolute Gasteiger partial charge is 0.170 e. The Bertz CT molecular complexity index is 597. The Kier molecular flexibility index (Phi) is 4.75. The fourth-order valence-corrected chi connectivity index (χ4v) is 2.84. The van der Waals surface area contributed by atoms with E-state index in [2.05, 4.69) is 0 Å². The van der Waals surface area contributed by atoms with E-state index in [4.69, 9.17) is 46.4 Å². The van der Waals surface area contributed by atoms with Crippen molar-refractivity contribution < 1.29 is 4.79 Å². The average Bonchev–Trinajstić information content (AvgIpc) is 2.30. The molecule has 0 heterocycles. The standard InChI is InChI=1S/C14H8Cl4O/c15-9-3-1-8(2-4-9)5-13(19)14-11(17)6-10(16)7-12(14)18/h1-4,6-7H,5H2. The van der Waals surface area contributed by atoms with Gasteiger partial charge in [-0.05, 0) is 29.8 Å². The van der Waals surface area contributed by atoms with E-state index in [1.165, 1.54) is 12.1 Å². The maximum Gasteiger partial charge on any atom is 0.170 e. The van der Waals surface area contributed by atoms with Gasteiger partial charge in [-0.25, -0.2) is 0 Å². The zero-order chi connectivity index (χ0) is 14.0. The molecule has 1 nitrogen and oxygen atoms in total. The van der Waals surface area contributed by atoms with E-state index in [0.29, 0.717) is 15.6 Å².